The molecule has 3 aromatic rings. The standard InChI is InChI=1S/C29H35N3O3/c1-35-22-10-11-23-24(16-22)30-27-25(18-33)32(17-20-6-3-2-4-7-20)19-29(26(23)27)12-14-31(15-13-29)28(34)21-8-5-9-21/h2-4,6-7,10-11,16,21,25,30,33H,5,8-9,12-15,17-19H2,1H3/t25-/m1/s1. The van der Waals surface area contributed by atoms with E-state index in [1.54, 1.807) is 7.11 Å². The van der Waals surface area contributed by atoms with Crippen LogP contribution in [-0.2, 0) is 16.8 Å². The molecule has 2 aromatic carbocycles. The van der Waals surface area contributed by atoms with Gasteiger partial charge in [0.05, 0.1) is 19.8 Å². The molecule has 6 rings (SSSR count). The van der Waals surface area contributed by atoms with Crippen molar-refractivity contribution >= 4 is 16.8 Å². The van der Waals surface area contributed by atoms with Crippen LogP contribution >= 0.6 is 0 Å². The summed E-state index contributed by atoms with van der Waals surface area (Å²) in [7, 11) is 1.69. The van der Waals surface area contributed by atoms with E-state index >= 15 is 0 Å². The zero-order valence-corrected chi connectivity index (χ0v) is 20.5. The predicted molar refractivity (Wildman–Crippen MR) is 136 cm³/mol. The molecule has 1 saturated carbocycles. The van der Waals surface area contributed by atoms with Crippen molar-refractivity contribution in [3.63, 3.8) is 0 Å². The second-order valence-corrected chi connectivity index (χ2v) is 10.6. The number of carbonyl (C=O) groups is 1. The third-order valence-corrected chi connectivity index (χ3v) is 8.73. The molecule has 0 bridgehead atoms. The molecule has 1 amide bonds. The third-order valence-electron chi connectivity index (χ3n) is 8.73. The molecule has 1 aromatic heterocycles. The van der Waals surface area contributed by atoms with E-state index in [-0.39, 0.29) is 24.0 Å². The van der Waals surface area contributed by atoms with Gasteiger partial charge in [-0.05, 0) is 48.9 Å². The van der Waals surface area contributed by atoms with Gasteiger partial charge in [0.1, 0.15) is 5.75 Å². The Balaban J connectivity index is 1.39. The van der Waals surface area contributed by atoms with E-state index in [0.717, 1.165) is 68.8 Å². The molecule has 1 saturated heterocycles. The van der Waals surface area contributed by atoms with E-state index in [9.17, 15) is 9.90 Å². The van der Waals surface area contributed by atoms with E-state index in [2.05, 4.69) is 51.2 Å². The highest BCUT2D eigenvalue weighted by atomic mass is 16.5. The Morgan fingerprint density at radius 2 is 1.91 bits per heavy atom. The van der Waals surface area contributed by atoms with Crippen molar-refractivity contribution in [2.75, 3.05) is 33.4 Å². The second-order valence-electron chi connectivity index (χ2n) is 10.6. The summed E-state index contributed by atoms with van der Waals surface area (Å²) in [5.41, 5.74) is 4.71. The maximum atomic E-state index is 13.0. The van der Waals surface area contributed by atoms with Gasteiger partial charge in [-0.1, -0.05) is 36.8 Å². The lowest BCUT2D eigenvalue weighted by atomic mass is 9.68. The minimum Gasteiger partial charge on any atom is -0.497 e. The smallest absolute Gasteiger partial charge is 0.225 e. The molecule has 35 heavy (non-hydrogen) atoms. The molecule has 1 atom stereocenters. The molecule has 2 N–H and O–H groups in total. The van der Waals surface area contributed by atoms with E-state index < -0.39 is 0 Å². The van der Waals surface area contributed by atoms with Crippen molar-refractivity contribution in [3.05, 3.63) is 65.4 Å². The molecule has 1 aliphatic carbocycles. The van der Waals surface area contributed by atoms with Gasteiger partial charge in [-0.3, -0.25) is 9.69 Å². The molecule has 2 aliphatic heterocycles. The van der Waals surface area contributed by atoms with Gasteiger partial charge in [-0.25, -0.2) is 0 Å². The average molecular weight is 474 g/mol. The molecule has 3 aliphatic rings. The summed E-state index contributed by atoms with van der Waals surface area (Å²) >= 11 is 0. The summed E-state index contributed by atoms with van der Waals surface area (Å²) in [4.78, 5) is 21.2. The van der Waals surface area contributed by atoms with E-state index in [0.29, 0.717) is 5.91 Å². The summed E-state index contributed by atoms with van der Waals surface area (Å²) < 4.78 is 5.50. The number of aromatic nitrogens is 1. The van der Waals surface area contributed by atoms with Crippen LogP contribution < -0.4 is 4.74 Å². The van der Waals surface area contributed by atoms with Gasteiger partial charge >= 0.3 is 0 Å². The average Bonchev–Trinajstić information content (AvgIpc) is 3.23. The SMILES string of the molecule is COc1ccc2c3c([nH]c2c1)[C@@H](CO)N(Cc1ccccc1)CC31CCN(C(=O)C2CCC2)CC1. The van der Waals surface area contributed by atoms with E-state index in [1.807, 2.05) is 12.1 Å². The Hall–Kier alpha value is -2.83. The number of fused-ring (bicyclic) bond motifs is 4. The van der Waals surface area contributed by atoms with Gasteiger partial charge in [-0.2, -0.15) is 0 Å². The number of carbonyl (C=O) groups excluding carboxylic acids is 1. The number of aliphatic hydroxyl groups excluding tert-OH is 1. The second kappa shape index (κ2) is 8.99. The first-order valence-corrected chi connectivity index (χ1v) is 13.0. The zero-order valence-electron chi connectivity index (χ0n) is 20.5. The topological polar surface area (TPSA) is 68.8 Å². The van der Waals surface area contributed by atoms with Gasteiger partial charge in [-0.15, -0.1) is 0 Å². The first-order chi connectivity index (χ1) is 17.1. The molecular weight excluding hydrogens is 438 g/mol. The zero-order chi connectivity index (χ0) is 24.0. The number of methoxy groups -OCH3 is 1. The largest absolute Gasteiger partial charge is 0.497 e. The van der Waals surface area contributed by atoms with Crippen molar-refractivity contribution in [1.82, 2.24) is 14.8 Å². The van der Waals surface area contributed by atoms with Gasteiger partial charge in [0.2, 0.25) is 5.91 Å². The number of rotatable bonds is 5. The summed E-state index contributed by atoms with van der Waals surface area (Å²) in [6.07, 6.45) is 5.19. The number of aromatic amines is 1. The number of aliphatic hydroxyl groups is 1. The highest BCUT2D eigenvalue weighted by Crippen LogP contribution is 2.49. The van der Waals surface area contributed by atoms with Crippen LogP contribution in [0, 0.1) is 5.92 Å². The number of likely N-dealkylation sites (tertiary alicyclic amines) is 1. The van der Waals surface area contributed by atoms with E-state index in [1.165, 1.54) is 22.9 Å². The highest BCUT2D eigenvalue weighted by molar-refractivity contribution is 5.88. The van der Waals surface area contributed by atoms with Crippen molar-refractivity contribution in [1.29, 1.82) is 0 Å². The Kier molecular flexibility index (Phi) is 5.81. The number of benzene rings is 2. The fourth-order valence-corrected chi connectivity index (χ4v) is 6.57. The molecule has 3 heterocycles. The fraction of sp³-hybridized carbons (Fsp3) is 0.483. The Morgan fingerprint density at radius 1 is 1.14 bits per heavy atom. The Morgan fingerprint density at radius 3 is 2.57 bits per heavy atom. The summed E-state index contributed by atoms with van der Waals surface area (Å²) in [6.45, 7) is 3.34. The predicted octanol–water partition coefficient (Wildman–Crippen LogP) is 4.39. The number of nitrogens with one attached hydrogen (secondary N) is 1. The minimum absolute atomic E-state index is 0.0565. The normalized spacial score (nSPS) is 22.2. The number of nitrogens with zero attached hydrogens (tertiary/aromatic N) is 2. The highest BCUT2D eigenvalue weighted by Gasteiger charge is 2.48. The molecule has 184 valence electrons. The number of hydrogen-bond donors (Lipinski definition) is 2. The number of piperidine rings is 1. The van der Waals surface area contributed by atoms with Crippen LogP contribution in [0.3, 0.4) is 0 Å². The summed E-state index contributed by atoms with van der Waals surface area (Å²) in [5, 5.41) is 11.8. The Bertz CT molecular complexity index is 1210. The molecule has 1 spiro atoms. The van der Waals surface area contributed by atoms with Crippen LogP contribution in [0.4, 0.5) is 0 Å². The van der Waals surface area contributed by atoms with Gasteiger partial charge in [0, 0.05) is 60.2 Å². The molecule has 6 nitrogen and oxygen atoms in total. The maximum absolute atomic E-state index is 13.0. The third kappa shape index (κ3) is 3.83. The molecular formula is C29H35N3O3. The first kappa shape index (κ1) is 22.6. The van der Waals surface area contributed by atoms with Crippen molar-refractivity contribution in [2.45, 2.75) is 50.1 Å². The van der Waals surface area contributed by atoms with Gasteiger partial charge < -0.3 is 19.7 Å². The van der Waals surface area contributed by atoms with Crippen LogP contribution in [0.5, 0.6) is 5.75 Å². The van der Waals surface area contributed by atoms with Crippen LogP contribution in [0.15, 0.2) is 48.5 Å². The van der Waals surface area contributed by atoms with E-state index in [4.69, 9.17) is 4.74 Å². The maximum Gasteiger partial charge on any atom is 0.225 e. The van der Waals surface area contributed by atoms with Crippen LogP contribution in [0.25, 0.3) is 10.9 Å². The number of ether oxygens (including phenoxy) is 1. The van der Waals surface area contributed by atoms with Crippen molar-refractivity contribution < 1.29 is 14.6 Å². The lowest BCUT2D eigenvalue weighted by Gasteiger charge is -2.50. The number of hydrogen-bond acceptors (Lipinski definition) is 4. The first-order valence-electron chi connectivity index (χ1n) is 13.0. The number of amides is 1. The lowest BCUT2D eigenvalue weighted by Crippen LogP contribution is -2.55. The quantitative estimate of drug-likeness (QED) is 0.577. The lowest BCUT2D eigenvalue weighted by molar-refractivity contribution is -0.140. The summed E-state index contributed by atoms with van der Waals surface area (Å²) in [6, 6.07) is 16.7. The number of H-pyrrole nitrogens is 1. The van der Waals surface area contributed by atoms with Crippen molar-refractivity contribution in [2.24, 2.45) is 5.92 Å². The molecule has 0 radical (unpaired) electrons. The van der Waals surface area contributed by atoms with Crippen LogP contribution in [-0.4, -0.2) is 59.1 Å². The van der Waals surface area contributed by atoms with Gasteiger partial charge in [0.15, 0.2) is 0 Å². The molecule has 6 heteroatoms. The van der Waals surface area contributed by atoms with Crippen LogP contribution in [0.2, 0.25) is 0 Å². The Labute approximate surface area is 206 Å². The monoisotopic (exact) mass is 473 g/mol. The fourth-order valence-electron chi connectivity index (χ4n) is 6.57. The van der Waals surface area contributed by atoms with Crippen molar-refractivity contribution in [3.8, 4) is 5.75 Å². The van der Waals surface area contributed by atoms with Gasteiger partial charge in [0.25, 0.3) is 0 Å². The van der Waals surface area contributed by atoms with Crippen LogP contribution in [0.1, 0.15) is 55.0 Å². The minimum atomic E-state index is -0.0936. The molecule has 0 unspecified atom stereocenters. The molecule has 2 fully saturated rings. The summed E-state index contributed by atoms with van der Waals surface area (Å²) in [5.74, 6) is 1.44.